The number of carbonyl (C=O) groups excluding carboxylic acids is 1. The zero-order valence-electron chi connectivity index (χ0n) is 8.13. The van der Waals surface area contributed by atoms with E-state index in [-0.39, 0.29) is 5.91 Å². The average molecular weight is 245 g/mol. The average Bonchev–Trinajstić information content (AvgIpc) is 2.24. The van der Waals surface area contributed by atoms with Gasteiger partial charge in [-0.1, -0.05) is 42.3 Å². The van der Waals surface area contributed by atoms with E-state index in [4.69, 9.17) is 23.2 Å². The minimum atomic E-state index is -0.149. The molecule has 5 heteroatoms. The van der Waals surface area contributed by atoms with Gasteiger partial charge in [0.05, 0.1) is 16.3 Å². The molecule has 1 N–H and O–H groups in total. The Morgan fingerprint density at radius 2 is 2.27 bits per heavy atom. The summed E-state index contributed by atoms with van der Waals surface area (Å²) in [5.41, 5.74) is 3.02. The van der Waals surface area contributed by atoms with E-state index in [0.717, 1.165) is 0 Å². The molecule has 0 fully saturated rings. The third-order valence-electron chi connectivity index (χ3n) is 1.70. The fraction of sp³-hybridized carbons (Fsp3) is 0.200. The molecule has 1 amide bonds. The van der Waals surface area contributed by atoms with E-state index in [1.807, 2.05) is 0 Å². The summed E-state index contributed by atoms with van der Waals surface area (Å²) in [5, 5.41) is 4.63. The van der Waals surface area contributed by atoms with Crippen LogP contribution in [0, 0.1) is 0 Å². The van der Waals surface area contributed by atoms with Crippen LogP contribution in [0.1, 0.15) is 18.9 Å². The lowest BCUT2D eigenvalue weighted by Gasteiger charge is -1.99. The lowest BCUT2D eigenvalue weighted by molar-refractivity contribution is -0.120. The van der Waals surface area contributed by atoms with E-state index in [0.29, 0.717) is 22.0 Å². The van der Waals surface area contributed by atoms with Crippen molar-refractivity contribution in [1.29, 1.82) is 0 Å². The maximum atomic E-state index is 10.9. The monoisotopic (exact) mass is 244 g/mol. The molecule has 1 aromatic rings. The summed E-state index contributed by atoms with van der Waals surface area (Å²) in [6.45, 7) is 1.75. The Morgan fingerprint density at radius 1 is 1.53 bits per heavy atom. The first kappa shape index (κ1) is 12.0. The SMILES string of the molecule is CCC(=O)N/N=C/c1cccc(Cl)c1Cl. The quantitative estimate of drug-likeness (QED) is 0.645. The van der Waals surface area contributed by atoms with Crippen LogP contribution < -0.4 is 5.43 Å². The first-order valence-corrected chi connectivity index (χ1v) is 5.16. The molecule has 0 saturated carbocycles. The predicted molar refractivity (Wildman–Crippen MR) is 62.5 cm³/mol. The van der Waals surface area contributed by atoms with Crippen molar-refractivity contribution in [2.24, 2.45) is 5.10 Å². The number of hydrogen-bond donors (Lipinski definition) is 1. The Hall–Kier alpha value is -1.06. The Bertz CT molecular complexity index is 391. The Balaban J connectivity index is 2.72. The van der Waals surface area contributed by atoms with Crippen LogP contribution in [-0.4, -0.2) is 12.1 Å². The second-order valence-electron chi connectivity index (χ2n) is 2.79. The van der Waals surface area contributed by atoms with Crippen LogP contribution >= 0.6 is 23.2 Å². The van der Waals surface area contributed by atoms with E-state index in [9.17, 15) is 4.79 Å². The third kappa shape index (κ3) is 3.53. The predicted octanol–water partition coefficient (Wildman–Crippen LogP) is 2.85. The molecule has 0 aliphatic carbocycles. The van der Waals surface area contributed by atoms with Crippen LogP contribution in [0.4, 0.5) is 0 Å². The van der Waals surface area contributed by atoms with Crippen LogP contribution in [-0.2, 0) is 4.79 Å². The fourth-order valence-electron chi connectivity index (χ4n) is 0.873. The number of hydrogen-bond acceptors (Lipinski definition) is 2. The zero-order chi connectivity index (χ0) is 11.3. The van der Waals surface area contributed by atoms with Gasteiger partial charge in [-0.3, -0.25) is 4.79 Å². The summed E-state index contributed by atoms with van der Waals surface area (Å²) in [6, 6.07) is 5.21. The maximum Gasteiger partial charge on any atom is 0.239 e. The largest absolute Gasteiger partial charge is 0.273 e. The molecular weight excluding hydrogens is 235 g/mol. The Labute approximate surface area is 98.1 Å². The zero-order valence-corrected chi connectivity index (χ0v) is 9.64. The van der Waals surface area contributed by atoms with E-state index in [1.165, 1.54) is 6.21 Å². The van der Waals surface area contributed by atoms with Gasteiger partial charge in [0.25, 0.3) is 0 Å². The lowest BCUT2D eigenvalue weighted by atomic mass is 10.2. The highest BCUT2D eigenvalue weighted by atomic mass is 35.5. The number of carbonyl (C=O) groups is 1. The molecule has 1 aromatic carbocycles. The van der Waals surface area contributed by atoms with Crippen molar-refractivity contribution >= 4 is 35.3 Å². The second kappa shape index (κ2) is 5.73. The van der Waals surface area contributed by atoms with Crippen molar-refractivity contribution in [3.8, 4) is 0 Å². The first-order chi connectivity index (χ1) is 7.15. The van der Waals surface area contributed by atoms with Gasteiger partial charge in [0.15, 0.2) is 0 Å². The molecule has 0 heterocycles. The molecular formula is C10H10Cl2N2O. The molecule has 0 unspecified atom stereocenters. The minimum absolute atomic E-state index is 0.149. The standard InChI is InChI=1S/C10H10Cl2N2O/c1-2-9(15)14-13-6-7-4-3-5-8(11)10(7)12/h3-6H,2H2,1H3,(H,14,15)/b13-6+. The van der Waals surface area contributed by atoms with E-state index < -0.39 is 0 Å². The maximum absolute atomic E-state index is 10.9. The van der Waals surface area contributed by atoms with E-state index in [1.54, 1.807) is 25.1 Å². The molecule has 0 aromatic heterocycles. The molecule has 0 bridgehead atoms. The summed E-state index contributed by atoms with van der Waals surface area (Å²) in [7, 11) is 0. The number of nitrogens with one attached hydrogen (secondary N) is 1. The van der Waals surface area contributed by atoms with Gasteiger partial charge in [-0.05, 0) is 6.07 Å². The molecule has 15 heavy (non-hydrogen) atoms. The highest BCUT2D eigenvalue weighted by Crippen LogP contribution is 2.23. The highest BCUT2D eigenvalue weighted by Gasteiger charge is 2.01. The Morgan fingerprint density at radius 3 is 2.93 bits per heavy atom. The number of benzene rings is 1. The van der Waals surface area contributed by atoms with Gasteiger partial charge in [-0.15, -0.1) is 0 Å². The van der Waals surface area contributed by atoms with Crippen molar-refractivity contribution in [2.45, 2.75) is 13.3 Å². The summed E-state index contributed by atoms with van der Waals surface area (Å²) < 4.78 is 0. The molecule has 80 valence electrons. The van der Waals surface area contributed by atoms with Gasteiger partial charge in [-0.2, -0.15) is 5.10 Å². The van der Waals surface area contributed by atoms with Gasteiger partial charge in [0.1, 0.15) is 0 Å². The highest BCUT2D eigenvalue weighted by molar-refractivity contribution is 6.43. The van der Waals surface area contributed by atoms with Gasteiger partial charge < -0.3 is 0 Å². The van der Waals surface area contributed by atoms with Gasteiger partial charge >= 0.3 is 0 Å². The minimum Gasteiger partial charge on any atom is -0.273 e. The van der Waals surface area contributed by atoms with Crippen molar-refractivity contribution in [1.82, 2.24) is 5.43 Å². The van der Waals surface area contributed by atoms with Crippen LogP contribution in [0.3, 0.4) is 0 Å². The van der Waals surface area contributed by atoms with Crippen LogP contribution in [0.25, 0.3) is 0 Å². The number of rotatable bonds is 3. The van der Waals surface area contributed by atoms with E-state index >= 15 is 0 Å². The van der Waals surface area contributed by atoms with E-state index in [2.05, 4.69) is 10.5 Å². The topological polar surface area (TPSA) is 41.5 Å². The van der Waals surface area contributed by atoms with Gasteiger partial charge in [0.2, 0.25) is 5.91 Å². The van der Waals surface area contributed by atoms with Crippen LogP contribution in [0.2, 0.25) is 10.0 Å². The number of nitrogens with zero attached hydrogens (tertiary/aromatic N) is 1. The summed E-state index contributed by atoms with van der Waals surface area (Å²) in [4.78, 5) is 10.9. The van der Waals surface area contributed by atoms with Gasteiger partial charge in [0, 0.05) is 12.0 Å². The number of amides is 1. The van der Waals surface area contributed by atoms with Crippen molar-refractivity contribution in [3.05, 3.63) is 33.8 Å². The molecule has 0 radical (unpaired) electrons. The molecule has 0 saturated heterocycles. The number of halogens is 2. The summed E-state index contributed by atoms with van der Waals surface area (Å²) in [5.74, 6) is -0.149. The Kier molecular flexibility index (Phi) is 4.59. The van der Waals surface area contributed by atoms with Crippen molar-refractivity contribution < 1.29 is 4.79 Å². The van der Waals surface area contributed by atoms with Crippen LogP contribution in [0.15, 0.2) is 23.3 Å². The molecule has 0 aliphatic heterocycles. The first-order valence-electron chi connectivity index (χ1n) is 4.41. The van der Waals surface area contributed by atoms with Crippen LogP contribution in [0.5, 0.6) is 0 Å². The molecule has 1 rings (SSSR count). The summed E-state index contributed by atoms with van der Waals surface area (Å²) in [6.07, 6.45) is 1.85. The summed E-state index contributed by atoms with van der Waals surface area (Å²) >= 11 is 11.7. The third-order valence-corrected chi connectivity index (χ3v) is 2.53. The molecule has 0 aliphatic rings. The second-order valence-corrected chi connectivity index (χ2v) is 3.57. The molecule has 0 atom stereocenters. The molecule has 3 nitrogen and oxygen atoms in total. The van der Waals surface area contributed by atoms with Crippen molar-refractivity contribution in [2.75, 3.05) is 0 Å². The fourth-order valence-corrected chi connectivity index (χ4v) is 1.23. The smallest absolute Gasteiger partial charge is 0.239 e. The van der Waals surface area contributed by atoms with Crippen molar-refractivity contribution in [3.63, 3.8) is 0 Å². The number of hydrazone groups is 1. The lowest BCUT2D eigenvalue weighted by Crippen LogP contribution is -2.15. The normalized spacial score (nSPS) is 10.6. The van der Waals surface area contributed by atoms with Gasteiger partial charge in [-0.25, -0.2) is 5.43 Å². The molecule has 0 spiro atoms.